The van der Waals surface area contributed by atoms with Crippen LogP contribution in [0.2, 0.25) is 0 Å². The molecule has 1 heterocycles. The van der Waals surface area contributed by atoms with Crippen LogP contribution in [0, 0.1) is 11.8 Å². The maximum atomic E-state index is 12.5. The van der Waals surface area contributed by atoms with Gasteiger partial charge in [0.1, 0.15) is 0 Å². The van der Waals surface area contributed by atoms with Crippen LogP contribution in [-0.4, -0.2) is 59.0 Å². The molecule has 0 aromatic rings. The molecule has 2 rings (SSSR count). The van der Waals surface area contributed by atoms with Gasteiger partial charge in [-0.2, -0.15) is 0 Å². The molecule has 1 N–H and O–H groups in total. The van der Waals surface area contributed by atoms with Crippen molar-refractivity contribution in [2.75, 3.05) is 26.7 Å². The number of aliphatic carboxylic acids is 1. The Labute approximate surface area is 114 Å². The molecule has 2 atom stereocenters. The molecule has 1 aliphatic carbocycles. The van der Waals surface area contributed by atoms with E-state index in [-0.39, 0.29) is 23.3 Å². The predicted molar refractivity (Wildman–Crippen MR) is 71.8 cm³/mol. The van der Waals surface area contributed by atoms with Crippen molar-refractivity contribution < 1.29 is 14.7 Å². The van der Waals surface area contributed by atoms with Crippen LogP contribution in [0.1, 0.15) is 33.1 Å². The number of carboxylic acids is 1. The summed E-state index contributed by atoms with van der Waals surface area (Å²) < 4.78 is 0. The van der Waals surface area contributed by atoms with Crippen molar-refractivity contribution in [2.45, 2.75) is 38.6 Å². The van der Waals surface area contributed by atoms with Crippen molar-refractivity contribution >= 4 is 11.9 Å². The second kappa shape index (κ2) is 5.12. The highest BCUT2D eigenvalue weighted by molar-refractivity contribution is 5.81. The highest BCUT2D eigenvalue weighted by atomic mass is 16.4. The third kappa shape index (κ3) is 2.91. The summed E-state index contributed by atoms with van der Waals surface area (Å²) in [4.78, 5) is 27.6. The fraction of sp³-hybridized carbons (Fsp3) is 0.857. The fourth-order valence-electron chi connectivity index (χ4n) is 3.12. The molecule has 2 fully saturated rings. The summed E-state index contributed by atoms with van der Waals surface area (Å²) >= 11 is 0. The highest BCUT2D eigenvalue weighted by Crippen LogP contribution is 2.33. The van der Waals surface area contributed by atoms with Gasteiger partial charge in [-0.3, -0.25) is 14.5 Å². The van der Waals surface area contributed by atoms with Crippen LogP contribution < -0.4 is 0 Å². The van der Waals surface area contributed by atoms with Crippen molar-refractivity contribution in [3.8, 4) is 0 Å². The molecule has 0 spiro atoms. The summed E-state index contributed by atoms with van der Waals surface area (Å²) in [5.74, 6) is -1.01. The summed E-state index contributed by atoms with van der Waals surface area (Å²) in [6.07, 6.45) is 1.88. The van der Waals surface area contributed by atoms with E-state index in [2.05, 4.69) is 25.8 Å². The second-order valence-corrected chi connectivity index (χ2v) is 6.54. The van der Waals surface area contributed by atoms with Crippen LogP contribution in [0.3, 0.4) is 0 Å². The van der Waals surface area contributed by atoms with Gasteiger partial charge in [0, 0.05) is 31.1 Å². The molecule has 0 aromatic heterocycles. The highest BCUT2D eigenvalue weighted by Gasteiger charge is 2.39. The van der Waals surface area contributed by atoms with Gasteiger partial charge < -0.3 is 10.0 Å². The van der Waals surface area contributed by atoms with Crippen LogP contribution in [0.4, 0.5) is 0 Å². The molecule has 19 heavy (non-hydrogen) atoms. The maximum absolute atomic E-state index is 12.5. The van der Waals surface area contributed by atoms with E-state index >= 15 is 0 Å². The van der Waals surface area contributed by atoms with Crippen LogP contribution >= 0.6 is 0 Å². The van der Waals surface area contributed by atoms with Crippen molar-refractivity contribution in [3.05, 3.63) is 0 Å². The van der Waals surface area contributed by atoms with E-state index in [4.69, 9.17) is 5.11 Å². The molecule has 5 heteroatoms. The lowest BCUT2D eigenvalue weighted by atomic mass is 9.97. The molecule has 0 radical (unpaired) electrons. The normalized spacial score (nSPS) is 31.4. The minimum Gasteiger partial charge on any atom is -0.481 e. The summed E-state index contributed by atoms with van der Waals surface area (Å²) in [6.45, 7) is 6.65. The van der Waals surface area contributed by atoms with E-state index < -0.39 is 5.97 Å². The first-order valence-corrected chi connectivity index (χ1v) is 7.04. The predicted octanol–water partition coefficient (Wildman–Crippen LogP) is 1.04. The molecule has 1 amide bonds. The number of carbonyl (C=O) groups excluding carboxylic acids is 1. The quantitative estimate of drug-likeness (QED) is 0.813. The molecule has 0 aromatic carbocycles. The van der Waals surface area contributed by atoms with E-state index in [1.807, 2.05) is 4.90 Å². The number of hydrogen-bond acceptors (Lipinski definition) is 3. The Hall–Kier alpha value is -1.10. The average molecular weight is 268 g/mol. The number of hydrogen-bond donors (Lipinski definition) is 1. The van der Waals surface area contributed by atoms with E-state index in [1.54, 1.807) is 0 Å². The Morgan fingerprint density at radius 2 is 1.79 bits per heavy atom. The van der Waals surface area contributed by atoms with Crippen LogP contribution in [0.25, 0.3) is 0 Å². The Balaban J connectivity index is 1.96. The van der Waals surface area contributed by atoms with Crippen LogP contribution in [0.15, 0.2) is 0 Å². The summed E-state index contributed by atoms with van der Waals surface area (Å²) in [6, 6.07) is 0. The van der Waals surface area contributed by atoms with Gasteiger partial charge >= 0.3 is 5.97 Å². The lowest BCUT2D eigenvalue weighted by Crippen LogP contribution is -2.59. The van der Waals surface area contributed by atoms with Gasteiger partial charge in [-0.25, -0.2) is 0 Å². The first kappa shape index (κ1) is 14.3. The number of carbonyl (C=O) groups is 2. The van der Waals surface area contributed by atoms with Crippen molar-refractivity contribution in [2.24, 2.45) is 11.8 Å². The number of carboxylic acid groups (broad SMARTS) is 1. The third-order valence-corrected chi connectivity index (χ3v) is 4.76. The minimum atomic E-state index is -0.756. The zero-order valence-corrected chi connectivity index (χ0v) is 12.1. The molecule has 0 bridgehead atoms. The van der Waals surface area contributed by atoms with Gasteiger partial charge in [-0.1, -0.05) is 0 Å². The zero-order chi connectivity index (χ0) is 14.2. The van der Waals surface area contributed by atoms with Crippen molar-refractivity contribution in [1.82, 2.24) is 9.80 Å². The molecule has 0 unspecified atom stereocenters. The molecule has 108 valence electrons. The summed E-state index contributed by atoms with van der Waals surface area (Å²) in [5, 5.41) is 9.01. The smallest absolute Gasteiger partial charge is 0.306 e. The number of piperazine rings is 1. The Morgan fingerprint density at radius 1 is 1.16 bits per heavy atom. The largest absolute Gasteiger partial charge is 0.481 e. The first-order chi connectivity index (χ1) is 8.81. The molecule has 1 aliphatic heterocycles. The SMILES string of the molecule is CN1CCN(C(=O)[C@@H]2CC[C@H](C(=O)O)C2)CC1(C)C. The maximum Gasteiger partial charge on any atom is 0.306 e. The molecule has 5 nitrogen and oxygen atoms in total. The number of likely N-dealkylation sites (N-methyl/N-ethyl adjacent to an activating group) is 1. The van der Waals surface area contributed by atoms with E-state index in [9.17, 15) is 9.59 Å². The van der Waals surface area contributed by atoms with Crippen LogP contribution in [0.5, 0.6) is 0 Å². The average Bonchev–Trinajstić information content (AvgIpc) is 2.81. The summed E-state index contributed by atoms with van der Waals surface area (Å²) in [7, 11) is 2.08. The van der Waals surface area contributed by atoms with Crippen molar-refractivity contribution in [3.63, 3.8) is 0 Å². The van der Waals surface area contributed by atoms with E-state index in [0.29, 0.717) is 12.8 Å². The van der Waals surface area contributed by atoms with E-state index in [1.165, 1.54) is 0 Å². The minimum absolute atomic E-state index is 0.00128. The number of amides is 1. The Kier molecular flexibility index (Phi) is 3.85. The molecular weight excluding hydrogens is 244 g/mol. The standard InChI is InChI=1S/C14H24N2O3/c1-14(2)9-16(7-6-15(14)3)12(17)10-4-5-11(8-10)13(18)19/h10-11H,4-9H2,1-3H3,(H,18,19)/t10-,11+/m1/s1. The van der Waals surface area contributed by atoms with Crippen LogP contribution in [-0.2, 0) is 9.59 Å². The molecule has 1 saturated heterocycles. The zero-order valence-electron chi connectivity index (χ0n) is 12.1. The lowest BCUT2D eigenvalue weighted by Gasteiger charge is -2.46. The third-order valence-electron chi connectivity index (χ3n) is 4.76. The van der Waals surface area contributed by atoms with Gasteiger partial charge in [0.2, 0.25) is 5.91 Å². The first-order valence-electron chi connectivity index (χ1n) is 7.04. The lowest BCUT2D eigenvalue weighted by molar-refractivity contribution is -0.142. The monoisotopic (exact) mass is 268 g/mol. The summed E-state index contributed by atoms with van der Waals surface area (Å²) in [5.41, 5.74) is -0.00128. The molecule has 2 aliphatic rings. The van der Waals surface area contributed by atoms with Gasteiger partial charge in [-0.15, -0.1) is 0 Å². The Morgan fingerprint density at radius 3 is 2.32 bits per heavy atom. The van der Waals surface area contributed by atoms with Gasteiger partial charge in [0.15, 0.2) is 0 Å². The van der Waals surface area contributed by atoms with E-state index in [0.717, 1.165) is 26.1 Å². The number of nitrogens with zero attached hydrogens (tertiary/aromatic N) is 2. The molecular formula is C14H24N2O3. The Bertz CT molecular complexity index is 381. The fourth-order valence-corrected chi connectivity index (χ4v) is 3.12. The second-order valence-electron chi connectivity index (χ2n) is 6.54. The number of rotatable bonds is 2. The van der Waals surface area contributed by atoms with Gasteiger partial charge in [0.25, 0.3) is 0 Å². The topological polar surface area (TPSA) is 60.9 Å². The van der Waals surface area contributed by atoms with Gasteiger partial charge in [0.05, 0.1) is 5.92 Å². The molecule has 1 saturated carbocycles. The van der Waals surface area contributed by atoms with Gasteiger partial charge in [-0.05, 0) is 40.2 Å². The van der Waals surface area contributed by atoms with Crippen molar-refractivity contribution in [1.29, 1.82) is 0 Å².